The van der Waals surface area contributed by atoms with E-state index in [2.05, 4.69) is 31.9 Å². The predicted molar refractivity (Wildman–Crippen MR) is 83.7 cm³/mol. The number of hydrogen-bond acceptors (Lipinski definition) is 4. The summed E-state index contributed by atoms with van der Waals surface area (Å²) in [6, 6.07) is 7.62. The van der Waals surface area contributed by atoms with Gasteiger partial charge in [0.25, 0.3) is 0 Å². The third-order valence-electron chi connectivity index (χ3n) is 3.41. The van der Waals surface area contributed by atoms with Crippen LogP contribution in [0.1, 0.15) is 41.1 Å². The minimum Gasteiger partial charge on any atom is -0.507 e. The van der Waals surface area contributed by atoms with Crippen LogP contribution in [0.25, 0.3) is 0 Å². The van der Waals surface area contributed by atoms with Gasteiger partial charge in [0.15, 0.2) is 11.6 Å². The number of phenolic OH excluding ortho intramolecular Hbond substituents is 2. The first kappa shape index (κ1) is 14.3. The maximum atomic E-state index is 12.5. The van der Waals surface area contributed by atoms with Crippen molar-refractivity contribution < 1.29 is 19.8 Å². The summed E-state index contributed by atoms with van der Waals surface area (Å²) in [6.45, 7) is 0. The molecule has 0 saturated carbocycles. The van der Waals surface area contributed by atoms with Crippen LogP contribution < -0.4 is 0 Å². The average molecular weight is 412 g/mol. The van der Waals surface area contributed by atoms with Gasteiger partial charge in [0.05, 0.1) is 14.9 Å². The molecule has 0 saturated heterocycles. The van der Waals surface area contributed by atoms with Gasteiger partial charge in [0.1, 0.15) is 11.5 Å². The molecule has 106 valence electrons. The number of hydrogen-bond donors (Lipinski definition) is 2. The third-order valence-corrected chi connectivity index (χ3v) is 4.40. The second-order valence-corrected chi connectivity index (χ2v) is 7.65. The van der Waals surface area contributed by atoms with Gasteiger partial charge in [0, 0.05) is 16.7 Å². The van der Waals surface area contributed by atoms with Crippen LogP contribution in [0, 0.1) is 0 Å². The Balaban J connectivity index is 2.38. The number of alkyl halides is 2. The molecule has 0 heterocycles. The van der Waals surface area contributed by atoms with Gasteiger partial charge in [-0.1, -0.05) is 56.1 Å². The average Bonchev–Trinajstić information content (AvgIpc) is 2.46. The standard InChI is InChI=1S/C15H8Br2O4/c16-15(17)8-5-9(18)10-11(14(8)21)13(20)7-4-2-1-3-6(7)12(10)19/h1-5,15,18,21H. The van der Waals surface area contributed by atoms with Gasteiger partial charge < -0.3 is 10.2 Å². The van der Waals surface area contributed by atoms with E-state index in [0.717, 1.165) is 0 Å². The maximum absolute atomic E-state index is 12.5. The number of aromatic hydroxyl groups is 2. The van der Waals surface area contributed by atoms with Crippen LogP contribution in [0.15, 0.2) is 30.3 Å². The van der Waals surface area contributed by atoms with E-state index in [1.165, 1.54) is 18.2 Å². The van der Waals surface area contributed by atoms with Crippen LogP contribution in [-0.4, -0.2) is 21.8 Å². The van der Waals surface area contributed by atoms with E-state index >= 15 is 0 Å². The smallest absolute Gasteiger partial charge is 0.198 e. The Morgan fingerprint density at radius 2 is 1.43 bits per heavy atom. The van der Waals surface area contributed by atoms with Crippen LogP contribution in [0.4, 0.5) is 0 Å². The fourth-order valence-electron chi connectivity index (χ4n) is 2.44. The highest BCUT2D eigenvalue weighted by Gasteiger charge is 2.35. The number of ketones is 2. The van der Waals surface area contributed by atoms with Crippen molar-refractivity contribution in [3.63, 3.8) is 0 Å². The first-order chi connectivity index (χ1) is 9.93. The van der Waals surface area contributed by atoms with E-state index < -0.39 is 15.3 Å². The minimum absolute atomic E-state index is 0.152. The molecule has 2 aromatic carbocycles. The fraction of sp³-hybridized carbons (Fsp3) is 0.0667. The zero-order valence-electron chi connectivity index (χ0n) is 10.4. The highest BCUT2D eigenvalue weighted by molar-refractivity contribution is 9.24. The number of benzene rings is 2. The van der Waals surface area contributed by atoms with Gasteiger partial charge >= 0.3 is 0 Å². The molecule has 0 spiro atoms. The van der Waals surface area contributed by atoms with Crippen molar-refractivity contribution in [2.24, 2.45) is 0 Å². The summed E-state index contributed by atoms with van der Waals surface area (Å²) in [4.78, 5) is 25.0. The lowest BCUT2D eigenvalue weighted by molar-refractivity contribution is 0.0974. The summed E-state index contributed by atoms with van der Waals surface area (Å²) < 4.78 is -0.457. The number of fused-ring (bicyclic) bond motifs is 2. The molecule has 0 amide bonds. The highest BCUT2D eigenvalue weighted by Crippen LogP contribution is 2.45. The van der Waals surface area contributed by atoms with Crippen molar-refractivity contribution in [2.45, 2.75) is 3.74 Å². The van der Waals surface area contributed by atoms with Gasteiger partial charge in [-0.15, -0.1) is 0 Å². The summed E-state index contributed by atoms with van der Waals surface area (Å²) in [7, 11) is 0. The van der Waals surface area contributed by atoms with E-state index in [4.69, 9.17) is 0 Å². The summed E-state index contributed by atoms with van der Waals surface area (Å²) in [6.07, 6.45) is 0. The number of carbonyl (C=O) groups excluding carboxylic acids is 2. The van der Waals surface area contributed by atoms with E-state index in [0.29, 0.717) is 0 Å². The molecule has 2 aromatic rings. The largest absolute Gasteiger partial charge is 0.507 e. The van der Waals surface area contributed by atoms with E-state index in [1.54, 1.807) is 12.1 Å². The Hall–Kier alpha value is -1.66. The molecule has 0 bridgehead atoms. The third kappa shape index (κ3) is 2.01. The molecular formula is C15H8Br2O4. The van der Waals surface area contributed by atoms with Crippen molar-refractivity contribution in [3.8, 4) is 11.5 Å². The first-order valence-corrected chi connectivity index (χ1v) is 7.82. The number of rotatable bonds is 1. The molecule has 0 aromatic heterocycles. The summed E-state index contributed by atoms with van der Waals surface area (Å²) in [5, 5.41) is 20.4. The van der Waals surface area contributed by atoms with Gasteiger partial charge in [0.2, 0.25) is 0 Å². The highest BCUT2D eigenvalue weighted by atomic mass is 79.9. The first-order valence-electron chi connectivity index (χ1n) is 5.99. The minimum atomic E-state index is -0.476. The molecule has 21 heavy (non-hydrogen) atoms. The van der Waals surface area contributed by atoms with Gasteiger partial charge in [-0.3, -0.25) is 9.59 Å². The lowest BCUT2D eigenvalue weighted by Crippen LogP contribution is -2.21. The zero-order valence-corrected chi connectivity index (χ0v) is 13.6. The topological polar surface area (TPSA) is 74.6 Å². The summed E-state index contributed by atoms with van der Waals surface area (Å²) >= 11 is 6.42. The molecule has 0 unspecified atom stereocenters. The Morgan fingerprint density at radius 1 is 0.905 bits per heavy atom. The molecule has 2 N–H and O–H groups in total. The Labute approximate surface area is 136 Å². The molecule has 0 fully saturated rings. The van der Waals surface area contributed by atoms with Crippen LogP contribution in [0.3, 0.4) is 0 Å². The molecule has 1 aliphatic rings. The quantitative estimate of drug-likeness (QED) is 0.473. The Kier molecular flexibility index (Phi) is 3.37. The van der Waals surface area contributed by atoms with Crippen LogP contribution in [0.2, 0.25) is 0 Å². The Morgan fingerprint density at radius 3 is 1.95 bits per heavy atom. The van der Waals surface area contributed by atoms with E-state index in [1.807, 2.05) is 0 Å². The van der Waals surface area contributed by atoms with Crippen molar-refractivity contribution >= 4 is 43.4 Å². The van der Waals surface area contributed by atoms with Crippen LogP contribution in [-0.2, 0) is 0 Å². The van der Waals surface area contributed by atoms with Crippen molar-refractivity contribution in [2.75, 3.05) is 0 Å². The lowest BCUT2D eigenvalue weighted by atomic mass is 9.82. The number of phenols is 2. The normalized spacial score (nSPS) is 13.3. The van der Waals surface area contributed by atoms with Crippen LogP contribution >= 0.6 is 31.9 Å². The van der Waals surface area contributed by atoms with Crippen molar-refractivity contribution in [3.05, 3.63) is 58.1 Å². The predicted octanol–water partition coefficient (Wildman–Crippen LogP) is 3.66. The molecule has 1 aliphatic carbocycles. The molecule has 0 atom stereocenters. The zero-order chi connectivity index (χ0) is 15.3. The Bertz CT molecular complexity index is 797. The lowest BCUT2D eigenvalue weighted by Gasteiger charge is -2.21. The van der Waals surface area contributed by atoms with Gasteiger partial charge in [-0.05, 0) is 6.07 Å². The molecule has 6 heteroatoms. The van der Waals surface area contributed by atoms with Crippen molar-refractivity contribution in [1.29, 1.82) is 0 Å². The molecule has 0 radical (unpaired) electrons. The second-order valence-electron chi connectivity index (χ2n) is 4.59. The number of halogens is 2. The summed E-state index contributed by atoms with van der Waals surface area (Å²) in [5.41, 5.74) is 0.430. The molecular weight excluding hydrogens is 404 g/mol. The van der Waals surface area contributed by atoms with Gasteiger partial charge in [-0.2, -0.15) is 0 Å². The maximum Gasteiger partial charge on any atom is 0.198 e. The summed E-state index contributed by atoms with van der Waals surface area (Å²) in [5.74, 6) is -1.58. The van der Waals surface area contributed by atoms with Gasteiger partial charge in [-0.25, -0.2) is 0 Å². The SMILES string of the molecule is O=C1c2ccccc2C(=O)c2c(O)c(C(Br)Br)cc(O)c21. The van der Waals surface area contributed by atoms with Crippen LogP contribution in [0.5, 0.6) is 11.5 Å². The molecule has 0 aliphatic heterocycles. The molecule has 3 rings (SSSR count). The van der Waals surface area contributed by atoms with E-state index in [-0.39, 0.29) is 39.3 Å². The van der Waals surface area contributed by atoms with Crippen molar-refractivity contribution in [1.82, 2.24) is 0 Å². The van der Waals surface area contributed by atoms with E-state index in [9.17, 15) is 19.8 Å². The number of carbonyl (C=O) groups is 2. The monoisotopic (exact) mass is 410 g/mol. The second kappa shape index (κ2) is 4.96. The fourth-order valence-corrected chi connectivity index (χ4v) is 3.14. The molecule has 4 nitrogen and oxygen atoms in total.